The molecular weight excluding hydrogens is 332 g/mol. The molecule has 0 aliphatic heterocycles. The number of alkyl halides is 3. The Morgan fingerprint density at radius 2 is 1.83 bits per heavy atom. The Bertz CT molecular complexity index is 566. The van der Waals surface area contributed by atoms with Gasteiger partial charge >= 0.3 is 6.18 Å². The van der Waals surface area contributed by atoms with Crippen molar-refractivity contribution in [3.8, 4) is 11.3 Å². The minimum atomic E-state index is -4.38. The molecule has 0 saturated carbocycles. The molecule has 7 heteroatoms. The van der Waals surface area contributed by atoms with E-state index in [0.717, 1.165) is 12.1 Å². The Hall–Kier alpha value is -1.14. The Morgan fingerprint density at radius 1 is 1.11 bits per heavy atom. The van der Waals surface area contributed by atoms with Gasteiger partial charge in [-0.05, 0) is 28.1 Å². The van der Waals surface area contributed by atoms with Crippen LogP contribution in [0.5, 0.6) is 0 Å². The van der Waals surface area contributed by atoms with Gasteiger partial charge in [-0.2, -0.15) is 13.2 Å². The first-order chi connectivity index (χ1) is 8.36. The highest BCUT2D eigenvalue weighted by Crippen LogP contribution is 2.32. The average molecular weight is 338 g/mol. The SMILES string of the molecule is FC(F)(F)c1cccc(-c2cc(Cl)nc(Br)n2)c1. The van der Waals surface area contributed by atoms with E-state index in [4.69, 9.17) is 11.6 Å². The van der Waals surface area contributed by atoms with E-state index < -0.39 is 11.7 Å². The van der Waals surface area contributed by atoms with Gasteiger partial charge in [0.05, 0.1) is 11.3 Å². The largest absolute Gasteiger partial charge is 0.416 e. The van der Waals surface area contributed by atoms with Crippen LogP contribution in [0.1, 0.15) is 5.56 Å². The van der Waals surface area contributed by atoms with Crippen LogP contribution >= 0.6 is 27.5 Å². The van der Waals surface area contributed by atoms with Gasteiger partial charge in [-0.3, -0.25) is 0 Å². The van der Waals surface area contributed by atoms with Gasteiger partial charge in [0.1, 0.15) is 5.15 Å². The summed E-state index contributed by atoms with van der Waals surface area (Å²) in [6.07, 6.45) is -4.38. The van der Waals surface area contributed by atoms with Crippen molar-refractivity contribution in [3.63, 3.8) is 0 Å². The van der Waals surface area contributed by atoms with Crippen LogP contribution in [0.25, 0.3) is 11.3 Å². The number of halogens is 5. The van der Waals surface area contributed by atoms with Crippen LogP contribution in [0.3, 0.4) is 0 Å². The summed E-state index contributed by atoms with van der Waals surface area (Å²) >= 11 is 8.77. The van der Waals surface area contributed by atoms with Gasteiger partial charge in [0, 0.05) is 11.6 Å². The smallest absolute Gasteiger partial charge is 0.222 e. The zero-order chi connectivity index (χ0) is 13.3. The minimum absolute atomic E-state index is 0.157. The van der Waals surface area contributed by atoms with Crippen molar-refractivity contribution in [2.45, 2.75) is 6.18 Å². The minimum Gasteiger partial charge on any atom is -0.222 e. The predicted octanol–water partition coefficient (Wildman–Crippen LogP) is 4.58. The maximum Gasteiger partial charge on any atom is 0.416 e. The molecule has 1 aromatic heterocycles. The second kappa shape index (κ2) is 4.85. The average Bonchev–Trinajstić information content (AvgIpc) is 2.27. The summed E-state index contributed by atoms with van der Waals surface area (Å²) in [6.45, 7) is 0. The van der Waals surface area contributed by atoms with Crippen LogP contribution in [0, 0.1) is 0 Å². The third kappa shape index (κ3) is 3.00. The summed E-state index contributed by atoms with van der Waals surface area (Å²) in [4.78, 5) is 7.76. The molecule has 0 aliphatic rings. The molecule has 0 bridgehead atoms. The zero-order valence-electron chi connectivity index (χ0n) is 8.67. The summed E-state index contributed by atoms with van der Waals surface area (Å²) in [7, 11) is 0. The van der Waals surface area contributed by atoms with Crippen LogP contribution in [-0.2, 0) is 6.18 Å². The quantitative estimate of drug-likeness (QED) is 0.562. The van der Waals surface area contributed by atoms with E-state index in [2.05, 4.69) is 25.9 Å². The van der Waals surface area contributed by atoms with Crippen LogP contribution in [-0.4, -0.2) is 9.97 Å². The highest BCUT2D eigenvalue weighted by molar-refractivity contribution is 9.10. The lowest BCUT2D eigenvalue weighted by atomic mass is 10.1. The first-order valence-corrected chi connectivity index (χ1v) is 5.91. The highest BCUT2D eigenvalue weighted by Gasteiger charge is 2.30. The fourth-order valence-corrected chi connectivity index (χ4v) is 2.06. The maximum absolute atomic E-state index is 12.6. The molecule has 0 N–H and O–H groups in total. The summed E-state index contributed by atoms with van der Waals surface area (Å²) in [5, 5.41) is 0.157. The van der Waals surface area contributed by atoms with Crippen LogP contribution in [0.4, 0.5) is 13.2 Å². The highest BCUT2D eigenvalue weighted by atomic mass is 79.9. The van der Waals surface area contributed by atoms with Crippen molar-refractivity contribution in [1.29, 1.82) is 0 Å². The maximum atomic E-state index is 12.6. The Morgan fingerprint density at radius 3 is 2.44 bits per heavy atom. The molecule has 0 atom stereocenters. The predicted molar refractivity (Wildman–Crippen MR) is 65.2 cm³/mol. The second-order valence-electron chi connectivity index (χ2n) is 3.42. The van der Waals surface area contributed by atoms with Crippen LogP contribution in [0.2, 0.25) is 5.15 Å². The van der Waals surface area contributed by atoms with Crippen molar-refractivity contribution in [2.75, 3.05) is 0 Å². The first kappa shape index (κ1) is 13.3. The van der Waals surface area contributed by atoms with E-state index >= 15 is 0 Å². The van der Waals surface area contributed by atoms with E-state index in [1.54, 1.807) is 0 Å². The number of hydrogen-bond acceptors (Lipinski definition) is 2. The summed E-state index contributed by atoms with van der Waals surface area (Å²) in [6, 6.07) is 6.27. The zero-order valence-corrected chi connectivity index (χ0v) is 11.0. The van der Waals surface area contributed by atoms with Crippen molar-refractivity contribution < 1.29 is 13.2 Å². The molecule has 2 rings (SSSR count). The van der Waals surface area contributed by atoms with Gasteiger partial charge < -0.3 is 0 Å². The van der Waals surface area contributed by atoms with Crippen molar-refractivity contribution in [1.82, 2.24) is 9.97 Å². The van der Waals surface area contributed by atoms with Crippen LogP contribution in [0.15, 0.2) is 35.1 Å². The number of aromatic nitrogens is 2. The third-order valence-electron chi connectivity index (χ3n) is 2.15. The number of rotatable bonds is 1. The molecule has 0 radical (unpaired) electrons. The molecule has 18 heavy (non-hydrogen) atoms. The standard InChI is InChI=1S/C11H5BrClF3N2/c12-10-17-8(5-9(13)18-10)6-2-1-3-7(4-6)11(14,15)16/h1-5H. The monoisotopic (exact) mass is 336 g/mol. The molecule has 0 aliphatic carbocycles. The molecule has 0 spiro atoms. The fourth-order valence-electron chi connectivity index (χ4n) is 1.39. The van der Waals surface area contributed by atoms with E-state index in [1.165, 1.54) is 18.2 Å². The Kier molecular flexibility index (Phi) is 3.59. The number of nitrogens with zero attached hydrogens (tertiary/aromatic N) is 2. The molecule has 0 amide bonds. The lowest BCUT2D eigenvalue weighted by Crippen LogP contribution is -2.04. The summed E-state index contributed by atoms with van der Waals surface area (Å²) in [5.41, 5.74) is -0.0753. The van der Waals surface area contributed by atoms with E-state index in [1.807, 2.05) is 0 Å². The number of benzene rings is 1. The van der Waals surface area contributed by atoms with Gasteiger partial charge in [0.15, 0.2) is 4.73 Å². The van der Waals surface area contributed by atoms with Gasteiger partial charge in [-0.15, -0.1) is 0 Å². The van der Waals surface area contributed by atoms with Gasteiger partial charge in [0.2, 0.25) is 0 Å². The van der Waals surface area contributed by atoms with E-state index in [9.17, 15) is 13.2 Å². The molecular formula is C11H5BrClF3N2. The lowest BCUT2D eigenvalue weighted by Gasteiger charge is -2.08. The second-order valence-corrected chi connectivity index (χ2v) is 4.52. The van der Waals surface area contributed by atoms with E-state index in [0.29, 0.717) is 11.3 Å². The van der Waals surface area contributed by atoms with Crippen molar-refractivity contribution in [3.05, 3.63) is 45.8 Å². The van der Waals surface area contributed by atoms with Crippen molar-refractivity contribution in [2.24, 2.45) is 0 Å². The number of hydrogen-bond donors (Lipinski definition) is 0. The lowest BCUT2D eigenvalue weighted by molar-refractivity contribution is -0.137. The molecule has 2 aromatic rings. The molecule has 94 valence electrons. The van der Waals surface area contributed by atoms with Gasteiger partial charge in [0.25, 0.3) is 0 Å². The van der Waals surface area contributed by atoms with Crippen LogP contribution < -0.4 is 0 Å². The molecule has 0 fully saturated rings. The Labute approximate surface area is 114 Å². The topological polar surface area (TPSA) is 25.8 Å². The first-order valence-electron chi connectivity index (χ1n) is 4.74. The van der Waals surface area contributed by atoms with E-state index in [-0.39, 0.29) is 9.89 Å². The normalized spacial score (nSPS) is 11.6. The molecule has 2 nitrogen and oxygen atoms in total. The molecule has 1 aromatic carbocycles. The van der Waals surface area contributed by atoms with Crippen molar-refractivity contribution >= 4 is 27.5 Å². The summed E-state index contributed by atoms with van der Waals surface area (Å²) in [5.74, 6) is 0. The third-order valence-corrected chi connectivity index (χ3v) is 2.70. The molecule has 0 unspecified atom stereocenters. The van der Waals surface area contributed by atoms with Gasteiger partial charge in [-0.1, -0.05) is 23.7 Å². The molecule has 0 saturated heterocycles. The fraction of sp³-hybridized carbons (Fsp3) is 0.0909. The Balaban J connectivity index is 2.51. The summed E-state index contributed by atoms with van der Waals surface area (Å²) < 4.78 is 37.9. The van der Waals surface area contributed by atoms with Gasteiger partial charge in [-0.25, -0.2) is 9.97 Å². The molecule has 1 heterocycles.